The number of oxime groups is 1. The zero-order valence-corrected chi connectivity index (χ0v) is 11.7. The molecule has 0 aliphatic heterocycles. The minimum atomic E-state index is -0.290. The molecule has 3 N–H and O–H groups in total. The lowest BCUT2D eigenvalue weighted by Crippen LogP contribution is -2.22. The molecule has 0 unspecified atom stereocenters. The molecule has 0 aliphatic carbocycles. The smallest absolute Gasteiger partial charge is 0.325 e. The number of amides is 1. The summed E-state index contributed by atoms with van der Waals surface area (Å²) < 4.78 is 0. The van der Waals surface area contributed by atoms with E-state index in [2.05, 4.69) is 25.4 Å². The zero-order chi connectivity index (χ0) is 15.5. The van der Waals surface area contributed by atoms with Crippen molar-refractivity contribution in [3.05, 3.63) is 40.3 Å². The predicted molar refractivity (Wildman–Crippen MR) is 81.8 cm³/mol. The summed E-state index contributed by atoms with van der Waals surface area (Å²) in [4.78, 5) is 36.7. The summed E-state index contributed by atoms with van der Waals surface area (Å²) in [7, 11) is 1.53. The molecule has 0 radical (unpaired) electrons. The number of carbonyl (C=O) groups excluding carboxylic acids is 1. The van der Waals surface area contributed by atoms with Crippen molar-refractivity contribution in [1.29, 1.82) is 0 Å². The fourth-order valence-electron chi connectivity index (χ4n) is 1.99. The molecule has 8 nitrogen and oxygen atoms in total. The van der Waals surface area contributed by atoms with Gasteiger partial charge in [0, 0.05) is 12.4 Å². The minimum Gasteiger partial charge on any atom is -0.386 e. The first kappa shape index (κ1) is 13.8. The Kier molecular flexibility index (Phi) is 3.57. The van der Waals surface area contributed by atoms with Gasteiger partial charge in [-0.1, -0.05) is 11.2 Å². The molecule has 0 spiro atoms. The highest BCUT2D eigenvalue weighted by molar-refractivity contribution is 5.93. The second kappa shape index (κ2) is 5.68. The van der Waals surface area contributed by atoms with Gasteiger partial charge >= 0.3 is 5.69 Å². The average Bonchev–Trinajstić information content (AvgIpc) is 2.87. The SMILES string of the molecule is CNC(=O)CON=Cc1ccc2nc3[nH]c(=O)[nH]c3cc2c1. The van der Waals surface area contributed by atoms with Gasteiger partial charge in [0.1, 0.15) is 0 Å². The van der Waals surface area contributed by atoms with Crippen LogP contribution in [-0.4, -0.2) is 40.7 Å². The molecule has 2 aromatic heterocycles. The summed E-state index contributed by atoms with van der Waals surface area (Å²) in [6, 6.07) is 7.33. The maximum absolute atomic E-state index is 11.3. The molecule has 2 heterocycles. The molecule has 8 heteroatoms. The van der Waals surface area contributed by atoms with Crippen LogP contribution < -0.4 is 11.0 Å². The van der Waals surface area contributed by atoms with Crippen molar-refractivity contribution < 1.29 is 9.63 Å². The molecule has 0 atom stereocenters. The summed E-state index contributed by atoms with van der Waals surface area (Å²) in [5.74, 6) is -0.251. The van der Waals surface area contributed by atoms with Crippen molar-refractivity contribution in [2.24, 2.45) is 5.16 Å². The van der Waals surface area contributed by atoms with Crippen molar-refractivity contribution in [2.45, 2.75) is 0 Å². The first-order valence-corrected chi connectivity index (χ1v) is 6.54. The first-order valence-electron chi connectivity index (χ1n) is 6.54. The number of benzene rings is 1. The van der Waals surface area contributed by atoms with Gasteiger partial charge in [0.2, 0.25) is 0 Å². The molecule has 1 amide bonds. The number of hydrogen-bond donors (Lipinski definition) is 3. The fraction of sp³-hybridized carbons (Fsp3) is 0.143. The molecule has 3 rings (SSSR count). The van der Waals surface area contributed by atoms with Gasteiger partial charge in [0.15, 0.2) is 12.3 Å². The van der Waals surface area contributed by atoms with E-state index in [0.717, 1.165) is 16.5 Å². The third-order valence-corrected chi connectivity index (χ3v) is 3.07. The van der Waals surface area contributed by atoms with E-state index in [0.29, 0.717) is 11.2 Å². The van der Waals surface area contributed by atoms with E-state index >= 15 is 0 Å². The second-order valence-corrected chi connectivity index (χ2v) is 4.60. The predicted octanol–water partition coefficient (Wildman–Crippen LogP) is 0.501. The van der Waals surface area contributed by atoms with Crippen LogP contribution in [0.25, 0.3) is 22.1 Å². The van der Waals surface area contributed by atoms with E-state index in [1.807, 2.05) is 24.3 Å². The number of aromatic nitrogens is 3. The number of H-pyrrole nitrogens is 2. The highest BCUT2D eigenvalue weighted by Gasteiger charge is 2.03. The van der Waals surface area contributed by atoms with Crippen LogP contribution in [0.4, 0.5) is 0 Å². The third kappa shape index (κ3) is 2.80. The quantitative estimate of drug-likeness (QED) is 0.481. The van der Waals surface area contributed by atoms with Gasteiger partial charge in [-0.2, -0.15) is 0 Å². The second-order valence-electron chi connectivity index (χ2n) is 4.60. The van der Waals surface area contributed by atoms with Gasteiger partial charge < -0.3 is 15.1 Å². The Hall–Kier alpha value is -3.16. The lowest BCUT2D eigenvalue weighted by molar-refractivity contribution is -0.125. The number of fused-ring (bicyclic) bond motifs is 2. The third-order valence-electron chi connectivity index (χ3n) is 3.07. The van der Waals surface area contributed by atoms with Crippen molar-refractivity contribution in [3.8, 4) is 0 Å². The lowest BCUT2D eigenvalue weighted by atomic mass is 10.1. The summed E-state index contributed by atoms with van der Waals surface area (Å²) in [5.41, 5.74) is 2.42. The van der Waals surface area contributed by atoms with Crippen molar-refractivity contribution in [2.75, 3.05) is 13.7 Å². The number of rotatable bonds is 4. The molecule has 1 aromatic carbocycles. The number of pyridine rings is 1. The minimum absolute atomic E-state index is 0.132. The van der Waals surface area contributed by atoms with E-state index < -0.39 is 0 Å². The molecular formula is C14H13N5O3. The Balaban J connectivity index is 1.85. The van der Waals surface area contributed by atoms with Crippen LogP contribution in [0.5, 0.6) is 0 Å². The first-order chi connectivity index (χ1) is 10.7. The van der Waals surface area contributed by atoms with Crippen molar-refractivity contribution >= 4 is 34.2 Å². The Morgan fingerprint density at radius 3 is 3.09 bits per heavy atom. The molecule has 0 saturated heterocycles. The average molecular weight is 299 g/mol. The molecular weight excluding hydrogens is 286 g/mol. The summed E-state index contributed by atoms with van der Waals surface area (Å²) in [5, 5.41) is 7.02. The van der Waals surface area contributed by atoms with Crippen LogP contribution >= 0.6 is 0 Å². The van der Waals surface area contributed by atoms with Gasteiger partial charge in [0.25, 0.3) is 5.91 Å². The highest BCUT2D eigenvalue weighted by atomic mass is 16.6. The van der Waals surface area contributed by atoms with Gasteiger partial charge in [-0.3, -0.25) is 9.78 Å². The lowest BCUT2D eigenvalue weighted by Gasteiger charge is -2.00. The number of carbonyl (C=O) groups is 1. The molecule has 112 valence electrons. The maximum atomic E-state index is 11.3. The van der Waals surface area contributed by atoms with Crippen molar-refractivity contribution in [3.63, 3.8) is 0 Å². The van der Waals surface area contributed by atoms with E-state index in [4.69, 9.17) is 4.84 Å². The molecule has 3 aromatic rings. The Morgan fingerprint density at radius 2 is 2.27 bits per heavy atom. The van der Waals surface area contributed by atoms with Crippen molar-refractivity contribution in [1.82, 2.24) is 20.3 Å². The van der Waals surface area contributed by atoms with E-state index in [-0.39, 0.29) is 18.2 Å². The molecule has 0 aliphatic rings. The molecule has 22 heavy (non-hydrogen) atoms. The highest BCUT2D eigenvalue weighted by Crippen LogP contribution is 2.17. The molecule has 0 bridgehead atoms. The number of hydrogen-bond acceptors (Lipinski definition) is 5. The number of imidazole rings is 1. The van der Waals surface area contributed by atoms with Gasteiger partial charge in [0.05, 0.1) is 17.2 Å². The summed E-state index contributed by atoms with van der Waals surface area (Å²) in [6.07, 6.45) is 1.51. The standard InChI is InChI=1S/C14H13N5O3/c1-15-12(20)7-22-16-6-8-2-3-10-9(4-8)5-11-13(17-10)19-14(21)18-11/h2-6H,7H2,1H3,(H,15,20)(H2,17,18,19,21). The Bertz CT molecular complexity index is 925. The van der Waals surface area contributed by atoms with Crippen LogP contribution in [0.2, 0.25) is 0 Å². The zero-order valence-electron chi connectivity index (χ0n) is 11.7. The van der Waals surface area contributed by atoms with Crippen LogP contribution in [0.3, 0.4) is 0 Å². The number of nitrogens with one attached hydrogen (secondary N) is 3. The topological polar surface area (TPSA) is 112 Å². The van der Waals surface area contributed by atoms with Crippen LogP contribution in [0, 0.1) is 0 Å². The summed E-state index contributed by atoms with van der Waals surface area (Å²) >= 11 is 0. The fourth-order valence-corrected chi connectivity index (χ4v) is 1.99. The van der Waals surface area contributed by atoms with Gasteiger partial charge in [-0.25, -0.2) is 9.78 Å². The number of nitrogens with zero attached hydrogens (tertiary/aromatic N) is 2. The monoisotopic (exact) mass is 299 g/mol. The van der Waals surface area contributed by atoms with Gasteiger partial charge in [-0.05, 0) is 23.8 Å². The normalized spacial score (nSPS) is 11.3. The van der Waals surface area contributed by atoms with E-state index in [9.17, 15) is 9.59 Å². The summed E-state index contributed by atoms with van der Waals surface area (Å²) in [6.45, 7) is -0.132. The van der Waals surface area contributed by atoms with E-state index in [1.165, 1.54) is 13.3 Å². The van der Waals surface area contributed by atoms with Crippen LogP contribution in [-0.2, 0) is 9.63 Å². The van der Waals surface area contributed by atoms with Gasteiger partial charge in [-0.15, -0.1) is 0 Å². The molecule has 0 saturated carbocycles. The van der Waals surface area contributed by atoms with Crippen LogP contribution in [0.1, 0.15) is 5.56 Å². The Morgan fingerprint density at radius 1 is 1.41 bits per heavy atom. The Labute approximate surface area is 124 Å². The van der Waals surface area contributed by atoms with Crippen LogP contribution in [0.15, 0.2) is 34.2 Å². The van der Waals surface area contributed by atoms with E-state index in [1.54, 1.807) is 0 Å². The maximum Gasteiger partial charge on any atom is 0.325 e. The number of likely N-dealkylation sites (N-methyl/N-ethyl adjacent to an activating group) is 1. The number of aromatic amines is 2. The largest absolute Gasteiger partial charge is 0.386 e. The molecule has 0 fully saturated rings.